The number of nitrogens with zero attached hydrogens (tertiary/aromatic N) is 2. The lowest BCUT2D eigenvalue weighted by Crippen LogP contribution is -1.90. The zero-order valence-electron chi connectivity index (χ0n) is 9.84. The third-order valence-corrected chi connectivity index (χ3v) is 3.63. The van der Waals surface area contributed by atoms with E-state index in [9.17, 15) is 0 Å². The summed E-state index contributed by atoms with van der Waals surface area (Å²) in [5, 5.41) is 7.23. The van der Waals surface area contributed by atoms with Gasteiger partial charge in [-0.15, -0.1) is 11.3 Å². The highest BCUT2D eigenvalue weighted by Crippen LogP contribution is 2.29. The minimum Gasteiger partial charge on any atom is -0.390 e. The van der Waals surface area contributed by atoms with Crippen LogP contribution in [0.15, 0.2) is 40.2 Å². The van der Waals surface area contributed by atoms with Crippen LogP contribution in [0, 0.1) is 0 Å². The monoisotopic (exact) mass is 291 g/mol. The maximum Gasteiger partial charge on any atom is 0.260 e. The van der Waals surface area contributed by atoms with Crippen molar-refractivity contribution in [3.05, 3.63) is 52.1 Å². The van der Waals surface area contributed by atoms with Crippen molar-refractivity contribution >= 4 is 27.9 Å². The number of hydrogen-bond donors (Lipinski definition) is 1. The van der Waals surface area contributed by atoms with E-state index in [1.165, 1.54) is 11.3 Å². The molecule has 6 heteroatoms. The second-order valence-electron chi connectivity index (χ2n) is 4.02. The molecule has 0 aliphatic rings. The molecule has 0 radical (unpaired) electrons. The fourth-order valence-electron chi connectivity index (χ4n) is 1.76. The van der Waals surface area contributed by atoms with E-state index in [-0.39, 0.29) is 0 Å². The molecule has 0 fully saturated rings. The van der Waals surface area contributed by atoms with Gasteiger partial charge in [0, 0.05) is 11.4 Å². The standard InChI is InChI=1S/C13H10ClN3OS/c14-9-3-1-2-8(6-9)7-11-16-13(18-17-11)10-4-5-19-12(10)15/h1-6H,7,15H2. The number of halogens is 1. The molecular formula is C13H10ClN3OS. The Morgan fingerprint density at radius 3 is 2.95 bits per heavy atom. The molecule has 0 spiro atoms. The predicted octanol–water partition coefficient (Wildman–Crippen LogP) is 3.62. The van der Waals surface area contributed by atoms with Crippen molar-refractivity contribution < 1.29 is 4.52 Å². The predicted molar refractivity (Wildman–Crippen MR) is 76.3 cm³/mol. The Labute approximate surface area is 118 Å². The number of hydrogen-bond acceptors (Lipinski definition) is 5. The first-order chi connectivity index (χ1) is 9.22. The molecule has 1 aromatic carbocycles. The minimum atomic E-state index is 0.454. The van der Waals surface area contributed by atoms with Gasteiger partial charge in [-0.3, -0.25) is 0 Å². The number of benzene rings is 1. The topological polar surface area (TPSA) is 64.9 Å². The molecule has 0 unspecified atom stereocenters. The van der Waals surface area contributed by atoms with Crippen LogP contribution in [0.5, 0.6) is 0 Å². The summed E-state index contributed by atoms with van der Waals surface area (Å²) in [4.78, 5) is 4.34. The van der Waals surface area contributed by atoms with Crippen LogP contribution in [0.2, 0.25) is 5.02 Å². The Kier molecular flexibility index (Phi) is 3.23. The van der Waals surface area contributed by atoms with Crippen LogP contribution in [0.1, 0.15) is 11.4 Å². The fraction of sp³-hybridized carbons (Fsp3) is 0.0769. The Bertz CT molecular complexity index is 707. The summed E-state index contributed by atoms with van der Waals surface area (Å²) >= 11 is 7.39. The number of thiophene rings is 1. The van der Waals surface area contributed by atoms with E-state index in [4.69, 9.17) is 21.9 Å². The Morgan fingerprint density at radius 2 is 2.21 bits per heavy atom. The van der Waals surface area contributed by atoms with Gasteiger partial charge >= 0.3 is 0 Å². The average Bonchev–Trinajstić information content (AvgIpc) is 2.98. The van der Waals surface area contributed by atoms with Crippen molar-refractivity contribution in [1.29, 1.82) is 0 Å². The average molecular weight is 292 g/mol. The third-order valence-electron chi connectivity index (χ3n) is 2.64. The van der Waals surface area contributed by atoms with Crippen molar-refractivity contribution in [3.8, 4) is 11.5 Å². The molecule has 96 valence electrons. The first-order valence-electron chi connectivity index (χ1n) is 5.63. The smallest absolute Gasteiger partial charge is 0.260 e. The van der Waals surface area contributed by atoms with E-state index < -0.39 is 0 Å². The molecule has 2 aromatic heterocycles. The molecule has 0 saturated carbocycles. The van der Waals surface area contributed by atoms with Crippen LogP contribution in [-0.2, 0) is 6.42 Å². The summed E-state index contributed by atoms with van der Waals surface area (Å²) in [7, 11) is 0. The molecule has 4 nitrogen and oxygen atoms in total. The quantitative estimate of drug-likeness (QED) is 0.800. The van der Waals surface area contributed by atoms with Gasteiger partial charge in [-0.1, -0.05) is 28.9 Å². The molecule has 3 aromatic rings. The van der Waals surface area contributed by atoms with Gasteiger partial charge in [-0.25, -0.2) is 0 Å². The molecule has 0 aliphatic carbocycles. The van der Waals surface area contributed by atoms with E-state index in [0.717, 1.165) is 11.1 Å². The summed E-state index contributed by atoms with van der Waals surface area (Å²) in [6.07, 6.45) is 0.577. The largest absolute Gasteiger partial charge is 0.390 e. The second-order valence-corrected chi connectivity index (χ2v) is 5.41. The van der Waals surface area contributed by atoms with Crippen LogP contribution < -0.4 is 5.73 Å². The Balaban J connectivity index is 1.84. The molecule has 0 aliphatic heterocycles. The maximum atomic E-state index is 5.94. The SMILES string of the molecule is Nc1sccc1-c1nc(Cc2cccc(Cl)c2)no1. The normalized spacial score (nSPS) is 10.8. The van der Waals surface area contributed by atoms with Gasteiger partial charge in [0.05, 0.1) is 10.6 Å². The number of nitrogens with two attached hydrogens (primary N) is 1. The minimum absolute atomic E-state index is 0.454. The van der Waals surface area contributed by atoms with Crippen LogP contribution in [0.3, 0.4) is 0 Å². The molecule has 3 rings (SSSR count). The van der Waals surface area contributed by atoms with Gasteiger partial charge in [0.15, 0.2) is 5.82 Å². The number of aromatic nitrogens is 2. The molecule has 0 atom stereocenters. The van der Waals surface area contributed by atoms with Crippen molar-refractivity contribution in [3.63, 3.8) is 0 Å². The van der Waals surface area contributed by atoms with Crippen molar-refractivity contribution in [2.75, 3.05) is 5.73 Å². The highest BCUT2D eigenvalue weighted by Gasteiger charge is 2.12. The summed E-state index contributed by atoms with van der Waals surface area (Å²) in [6.45, 7) is 0. The van der Waals surface area contributed by atoms with Gasteiger partial charge in [0.2, 0.25) is 0 Å². The highest BCUT2D eigenvalue weighted by molar-refractivity contribution is 7.14. The molecule has 0 amide bonds. The third kappa shape index (κ3) is 2.62. The first kappa shape index (κ1) is 12.2. The van der Waals surface area contributed by atoms with Crippen LogP contribution in [-0.4, -0.2) is 10.1 Å². The van der Waals surface area contributed by atoms with Crippen LogP contribution in [0.4, 0.5) is 5.00 Å². The van der Waals surface area contributed by atoms with E-state index >= 15 is 0 Å². The van der Waals surface area contributed by atoms with E-state index in [1.807, 2.05) is 35.7 Å². The van der Waals surface area contributed by atoms with Crippen molar-refractivity contribution in [2.24, 2.45) is 0 Å². The lowest BCUT2D eigenvalue weighted by atomic mass is 10.1. The van der Waals surface area contributed by atoms with Gasteiger partial charge < -0.3 is 10.3 Å². The van der Waals surface area contributed by atoms with E-state index in [0.29, 0.717) is 28.2 Å². The van der Waals surface area contributed by atoms with Crippen LogP contribution >= 0.6 is 22.9 Å². The Morgan fingerprint density at radius 1 is 1.32 bits per heavy atom. The molecule has 2 N–H and O–H groups in total. The molecule has 0 bridgehead atoms. The second kappa shape index (κ2) is 5.03. The summed E-state index contributed by atoms with van der Waals surface area (Å²) in [6, 6.07) is 9.46. The van der Waals surface area contributed by atoms with E-state index in [2.05, 4.69) is 10.1 Å². The van der Waals surface area contributed by atoms with Gasteiger partial charge in [-0.05, 0) is 29.1 Å². The molecule has 2 heterocycles. The fourth-order valence-corrected chi connectivity index (χ4v) is 2.61. The Hall–Kier alpha value is -1.85. The number of anilines is 1. The molecule has 19 heavy (non-hydrogen) atoms. The zero-order valence-corrected chi connectivity index (χ0v) is 11.4. The molecule has 0 saturated heterocycles. The van der Waals surface area contributed by atoms with Gasteiger partial charge in [0.1, 0.15) is 0 Å². The summed E-state index contributed by atoms with van der Waals surface area (Å²) < 4.78 is 5.22. The van der Waals surface area contributed by atoms with Crippen LogP contribution in [0.25, 0.3) is 11.5 Å². The summed E-state index contributed by atoms with van der Waals surface area (Å²) in [5.41, 5.74) is 7.65. The lowest BCUT2D eigenvalue weighted by molar-refractivity contribution is 0.424. The molecular weight excluding hydrogens is 282 g/mol. The maximum absolute atomic E-state index is 5.94. The first-order valence-corrected chi connectivity index (χ1v) is 6.88. The summed E-state index contributed by atoms with van der Waals surface area (Å²) in [5.74, 6) is 1.07. The zero-order chi connectivity index (χ0) is 13.2. The van der Waals surface area contributed by atoms with Crippen molar-refractivity contribution in [2.45, 2.75) is 6.42 Å². The lowest BCUT2D eigenvalue weighted by Gasteiger charge is -1.96. The van der Waals surface area contributed by atoms with Gasteiger partial charge in [-0.2, -0.15) is 4.98 Å². The van der Waals surface area contributed by atoms with Gasteiger partial charge in [0.25, 0.3) is 5.89 Å². The highest BCUT2D eigenvalue weighted by atomic mass is 35.5. The number of nitrogen functional groups attached to an aromatic ring is 1. The van der Waals surface area contributed by atoms with E-state index in [1.54, 1.807) is 0 Å². The number of rotatable bonds is 3. The van der Waals surface area contributed by atoms with Crippen molar-refractivity contribution in [1.82, 2.24) is 10.1 Å².